The van der Waals surface area contributed by atoms with Crippen molar-refractivity contribution in [1.82, 2.24) is 19.4 Å². The summed E-state index contributed by atoms with van der Waals surface area (Å²) in [6.07, 6.45) is 4.03. The second-order valence-electron chi connectivity index (χ2n) is 5.64. The van der Waals surface area contributed by atoms with Gasteiger partial charge in [0.2, 0.25) is 10.0 Å². The summed E-state index contributed by atoms with van der Waals surface area (Å²) in [4.78, 5) is 8.40. The van der Waals surface area contributed by atoms with Crippen LogP contribution < -0.4 is 0 Å². The Kier molecular flexibility index (Phi) is 3.96. The van der Waals surface area contributed by atoms with Crippen molar-refractivity contribution in [1.29, 1.82) is 0 Å². The highest BCUT2D eigenvalue weighted by Crippen LogP contribution is 2.29. The molecule has 1 fully saturated rings. The number of aromatic nitrogens is 3. The van der Waals surface area contributed by atoms with Gasteiger partial charge in [0, 0.05) is 31.4 Å². The summed E-state index contributed by atoms with van der Waals surface area (Å²) in [5.74, 6) is 0.941. The first-order valence-corrected chi connectivity index (χ1v) is 8.72. The van der Waals surface area contributed by atoms with Crippen molar-refractivity contribution in [2.75, 3.05) is 13.1 Å². The molecule has 0 aliphatic carbocycles. The fraction of sp³-hybridized carbons (Fsp3) is 0.500. The normalized spacial score (nSPS) is 19.9. The lowest BCUT2D eigenvalue weighted by Crippen LogP contribution is -2.34. The molecule has 3 rings (SSSR count). The molecule has 1 aliphatic heterocycles. The minimum Gasteiger partial charge on any atom is -0.334 e. The van der Waals surface area contributed by atoms with E-state index in [-0.39, 0.29) is 5.92 Å². The Hall–Kier alpha value is -1.80. The van der Waals surface area contributed by atoms with Crippen LogP contribution in [0.25, 0.3) is 11.5 Å². The van der Waals surface area contributed by atoms with Crippen molar-refractivity contribution < 1.29 is 12.9 Å². The van der Waals surface area contributed by atoms with Gasteiger partial charge in [0.25, 0.3) is 5.89 Å². The highest BCUT2D eigenvalue weighted by Gasteiger charge is 2.35. The maximum atomic E-state index is 12.2. The van der Waals surface area contributed by atoms with Gasteiger partial charge in [-0.1, -0.05) is 5.16 Å². The zero-order valence-electron chi connectivity index (χ0n) is 12.5. The zero-order chi connectivity index (χ0) is 15.7. The molecule has 0 aromatic carbocycles. The van der Waals surface area contributed by atoms with Crippen LogP contribution in [0.5, 0.6) is 0 Å². The second-order valence-corrected chi connectivity index (χ2v) is 8.13. The third kappa shape index (κ3) is 2.76. The monoisotopic (exact) mass is 322 g/mol. The van der Waals surface area contributed by atoms with Gasteiger partial charge in [-0.05, 0) is 32.4 Å². The first-order chi connectivity index (χ1) is 10.5. The zero-order valence-corrected chi connectivity index (χ0v) is 13.3. The van der Waals surface area contributed by atoms with Crippen molar-refractivity contribution in [3.8, 4) is 11.5 Å². The van der Waals surface area contributed by atoms with E-state index in [4.69, 9.17) is 4.52 Å². The third-order valence-electron chi connectivity index (χ3n) is 3.82. The van der Waals surface area contributed by atoms with E-state index in [9.17, 15) is 8.42 Å². The van der Waals surface area contributed by atoms with Gasteiger partial charge in [0.05, 0.1) is 10.8 Å². The molecule has 2 aromatic heterocycles. The number of sulfonamides is 1. The standard InChI is InChI=1S/C14H18N4O3S/c1-10(2)22(19,20)18-7-5-12(9-18)13-16-14(21-17-13)11-4-3-6-15-8-11/h3-4,6,8,10,12H,5,7,9H2,1-2H3. The molecule has 22 heavy (non-hydrogen) atoms. The molecule has 0 saturated carbocycles. The van der Waals surface area contributed by atoms with E-state index in [1.165, 1.54) is 4.31 Å². The third-order valence-corrected chi connectivity index (χ3v) is 6.06. The van der Waals surface area contributed by atoms with Crippen LogP contribution >= 0.6 is 0 Å². The average Bonchev–Trinajstić information content (AvgIpc) is 3.17. The number of nitrogens with zero attached hydrogens (tertiary/aromatic N) is 4. The van der Waals surface area contributed by atoms with Gasteiger partial charge in [0.1, 0.15) is 0 Å². The van der Waals surface area contributed by atoms with E-state index in [0.717, 1.165) is 5.56 Å². The Morgan fingerprint density at radius 1 is 1.41 bits per heavy atom. The first-order valence-electron chi connectivity index (χ1n) is 7.21. The van der Waals surface area contributed by atoms with Crippen molar-refractivity contribution in [2.24, 2.45) is 0 Å². The Labute approximate surface area is 129 Å². The molecular formula is C14H18N4O3S. The van der Waals surface area contributed by atoms with E-state index in [1.807, 2.05) is 6.07 Å². The summed E-state index contributed by atoms with van der Waals surface area (Å²) in [5, 5.41) is 3.59. The number of pyridine rings is 1. The van der Waals surface area contributed by atoms with Crippen LogP contribution in [0, 0.1) is 0 Å². The summed E-state index contributed by atoms with van der Waals surface area (Å²) in [6.45, 7) is 4.30. The Morgan fingerprint density at radius 3 is 2.91 bits per heavy atom. The highest BCUT2D eigenvalue weighted by molar-refractivity contribution is 7.89. The Bertz CT molecular complexity index is 742. The lowest BCUT2D eigenvalue weighted by atomic mass is 10.1. The summed E-state index contributed by atoms with van der Waals surface area (Å²) in [7, 11) is -3.23. The van der Waals surface area contributed by atoms with Crippen molar-refractivity contribution in [2.45, 2.75) is 31.4 Å². The molecule has 2 aromatic rings. The fourth-order valence-electron chi connectivity index (χ4n) is 2.48. The Morgan fingerprint density at radius 2 is 2.23 bits per heavy atom. The minimum atomic E-state index is -3.23. The molecule has 0 bridgehead atoms. The quantitative estimate of drug-likeness (QED) is 0.850. The van der Waals surface area contributed by atoms with Crippen LogP contribution in [0.1, 0.15) is 32.0 Å². The minimum absolute atomic E-state index is 0.0253. The first kappa shape index (κ1) is 15.1. The lowest BCUT2D eigenvalue weighted by Gasteiger charge is -2.18. The molecule has 1 saturated heterocycles. The van der Waals surface area contributed by atoms with Gasteiger partial charge in [-0.25, -0.2) is 12.7 Å². The lowest BCUT2D eigenvalue weighted by molar-refractivity contribution is 0.414. The molecule has 7 nitrogen and oxygen atoms in total. The predicted octanol–water partition coefficient (Wildman–Crippen LogP) is 1.66. The van der Waals surface area contributed by atoms with Gasteiger partial charge < -0.3 is 4.52 Å². The molecule has 3 heterocycles. The average molecular weight is 322 g/mol. The SMILES string of the molecule is CC(C)S(=O)(=O)N1CCC(c2noc(-c3cccnc3)n2)C1. The van der Waals surface area contributed by atoms with Gasteiger partial charge >= 0.3 is 0 Å². The van der Waals surface area contributed by atoms with Crippen LogP contribution in [-0.4, -0.2) is 46.2 Å². The largest absolute Gasteiger partial charge is 0.334 e. The summed E-state index contributed by atoms with van der Waals surface area (Å²) >= 11 is 0. The van der Waals surface area contributed by atoms with Gasteiger partial charge in [-0.2, -0.15) is 4.98 Å². The van der Waals surface area contributed by atoms with E-state index in [0.29, 0.717) is 31.2 Å². The van der Waals surface area contributed by atoms with Gasteiger partial charge in [-0.3, -0.25) is 4.98 Å². The smallest absolute Gasteiger partial charge is 0.259 e. The highest BCUT2D eigenvalue weighted by atomic mass is 32.2. The molecule has 0 spiro atoms. The second kappa shape index (κ2) is 5.77. The summed E-state index contributed by atoms with van der Waals surface area (Å²) < 4.78 is 31.2. The fourth-order valence-corrected chi connectivity index (χ4v) is 3.82. The molecule has 8 heteroatoms. The molecule has 1 unspecified atom stereocenters. The van der Waals surface area contributed by atoms with Crippen LogP contribution in [0.3, 0.4) is 0 Å². The topological polar surface area (TPSA) is 89.2 Å². The molecule has 1 aliphatic rings. The van der Waals surface area contributed by atoms with Gasteiger partial charge in [-0.15, -0.1) is 0 Å². The molecule has 0 amide bonds. The van der Waals surface area contributed by atoms with Crippen LogP contribution in [0.2, 0.25) is 0 Å². The van der Waals surface area contributed by atoms with E-state index in [1.54, 1.807) is 32.3 Å². The molecular weight excluding hydrogens is 304 g/mol. The van der Waals surface area contributed by atoms with Crippen molar-refractivity contribution in [3.63, 3.8) is 0 Å². The predicted molar refractivity (Wildman–Crippen MR) is 80.5 cm³/mol. The maximum Gasteiger partial charge on any atom is 0.259 e. The van der Waals surface area contributed by atoms with Crippen LogP contribution in [0.4, 0.5) is 0 Å². The summed E-state index contributed by atoms with van der Waals surface area (Å²) in [6, 6.07) is 3.64. The maximum absolute atomic E-state index is 12.2. The molecule has 1 atom stereocenters. The number of rotatable bonds is 4. The Balaban J connectivity index is 1.76. The summed E-state index contributed by atoms with van der Waals surface area (Å²) in [5.41, 5.74) is 0.755. The van der Waals surface area contributed by atoms with E-state index >= 15 is 0 Å². The van der Waals surface area contributed by atoms with E-state index < -0.39 is 15.3 Å². The molecule has 118 valence electrons. The van der Waals surface area contributed by atoms with Crippen LogP contribution in [0.15, 0.2) is 29.0 Å². The van der Waals surface area contributed by atoms with Gasteiger partial charge in [0.15, 0.2) is 5.82 Å². The molecule has 0 radical (unpaired) electrons. The van der Waals surface area contributed by atoms with E-state index in [2.05, 4.69) is 15.1 Å². The van der Waals surface area contributed by atoms with Crippen molar-refractivity contribution in [3.05, 3.63) is 30.4 Å². The molecule has 0 N–H and O–H groups in total. The van der Waals surface area contributed by atoms with Crippen molar-refractivity contribution >= 4 is 10.0 Å². The number of hydrogen-bond acceptors (Lipinski definition) is 6. The van der Waals surface area contributed by atoms with Crippen LogP contribution in [-0.2, 0) is 10.0 Å². The number of hydrogen-bond donors (Lipinski definition) is 0.